The third-order valence-corrected chi connectivity index (χ3v) is 3.89. The summed E-state index contributed by atoms with van der Waals surface area (Å²) in [5.74, 6) is -0.0780. The molecule has 25 heavy (non-hydrogen) atoms. The summed E-state index contributed by atoms with van der Waals surface area (Å²) in [5, 5.41) is 20.4. The van der Waals surface area contributed by atoms with E-state index in [0.717, 1.165) is 4.73 Å². The fourth-order valence-electron chi connectivity index (χ4n) is 2.83. The summed E-state index contributed by atoms with van der Waals surface area (Å²) in [6, 6.07) is 1.47. The van der Waals surface area contributed by atoms with E-state index >= 15 is 0 Å². The van der Waals surface area contributed by atoms with Gasteiger partial charge in [-0.25, -0.2) is 4.73 Å². The van der Waals surface area contributed by atoms with E-state index in [-0.39, 0.29) is 22.3 Å². The van der Waals surface area contributed by atoms with Crippen LogP contribution in [0.4, 0.5) is 0 Å². The summed E-state index contributed by atoms with van der Waals surface area (Å²) in [5.41, 5.74) is 12.7. The first kappa shape index (κ1) is 16.9. The van der Waals surface area contributed by atoms with Crippen LogP contribution in [0.25, 0.3) is 11.1 Å². The lowest BCUT2D eigenvalue weighted by molar-refractivity contribution is 0.184. The number of allylic oxidation sites excluding steroid dienone is 2. The molecule has 0 radical (unpaired) electrons. The highest BCUT2D eigenvalue weighted by atomic mass is 16.5. The monoisotopic (exact) mass is 341 g/mol. The molecule has 6 N–H and O–H groups in total. The van der Waals surface area contributed by atoms with Gasteiger partial charge in [0.25, 0.3) is 0 Å². The van der Waals surface area contributed by atoms with Gasteiger partial charge in [-0.2, -0.15) is 0 Å². The molecule has 1 heterocycles. The van der Waals surface area contributed by atoms with E-state index in [1.807, 2.05) is 0 Å². The molecule has 0 saturated heterocycles. The number of benzene rings is 1. The largest absolute Gasteiger partial charge is 0.507 e. The Balaban J connectivity index is 2.38. The highest BCUT2D eigenvalue weighted by Gasteiger charge is 2.28. The molecular weight excluding hydrogens is 322 g/mol. The summed E-state index contributed by atoms with van der Waals surface area (Å²) in [4.78, 5) is 21.7. The van der Waals surface area contributed by atoms with Gasteiger partial charge in [-0.3, -0.25) is 14.8 Å². The van der Waals surface area contributed by atoms with E-state index in [2.05, 4.69) is 9.98 Å². The fraction of sp³-hybridized carbons (Fsp3) is 0.235. The predicted molar refractivity (Wildman–Crippen MR) is 96.2 cm³/mol. The van der Waals surface area contributed by atoms with Crippen molar-refractivity contribution in [1.82, 2.24) is 4.73 Å². The van der Waals surface area contributed by atoms with Crippen molar-refractivity contribution in [3.63, 3.8) is 0 Å². The molecule has 8 heteroatoms. The molecule has 0 atom stereocenters. The van der Waals surface area contributed by atoms with Crippen LogP contribution < -0.4 is 16.9 Å². The maximum Gasteiger partial charge on any atom is 0.198 e. The number of rotatable bonds is 4. The standard InChI is InChI=1S/C17H19N5O3/c18-4-6-20-12-1-2-13(21-7-5-19)15-14(12)16(23)10-3-8-22(25)9-11(10)17(15)24/h1-3,8-9,23,25H,4-7,18-19H2. The van der Waals surface area contributed by atoms with Crippen molar-refractivity contribution >= 4 is 11.4 Å². The number of hydrogen-bond donors (Lipinski definition) is 4. The number of nitrogens with two attached hydrogens (primary N) is 2. The Bertz CT molecular complexity index is 927. The van der Waals surface area contributed by atoms with Crippen LogP contribution in [0, 0.1) is 0 Å². The minimum atomic E-state index is -0.341. The van der Waals surface area contributed by atoms with E-state index in [4.69, 9.17) is 11.5 Å². The molecule has 0 aromatic rings. The minimum Gasteiger partial charge on any atom is -0.507 e. The first-order chi connectivity index (χ1) is 12.1. The van der Waals surface area contributed by atoms with Crippen LogP contribution in [0.5, 0.6) is 5.75 Å². The van der Waals surface area contributed by atoms with Crippen molar-refractivity contribution in [2.45, 2.75) is 0 Å². The maximum absolute atomic E-state index is 13.0. The first-order valence-corrected chi connectivity index (χ1v) is 7.86. The summed E-state index contributed by atoms with van der Waals surface area (Å²) < 4.78 is 0.772. The summed E-state index contributed by atoms with van der Waals surface area (Å²) in [6.07, 6.45) is 5.98. The van der Waals surface area contributed by atoms with Crippen LogP contribution in [-0.4, -0.2) is 52.6 Å². The molecule has 0 aromatic heterocycles. The first-order valence-electron chi connectivity index (χ1n) is 7.86. The SMILES string of the molecule is NCCN=C1C=CC(=NCCN)c2c1c(O)c1ccn(O)cc-1c2=O. The molecule has 1 aliphatic heterocycles. The maximum atomic E-state index is 13.0. The quantitative estimate of drug-likeness (QED) is 0.578. The molecule has 0 aromatic carbocycles. The van der Waals surface area contributed by atoms with Crippen molar-refractivity contribution in [3.8, 4) is 16.9 Å². The lowest BCUT2D eigenvalue weighted by atomic mass is 9.86. The molecule has 0 spiro atoms. The second-order valence-electron chi connectivity index (χ2n) is 5.52. The highest BCUT2D eigenvalue weighted by molar-refractivity contribution is 6.27. The van der Waals surface area contributed by atoms with Crippen LogP contribution in [0.15, 0.2) is 45.4 Å². The number of aromatic nitrogens is 1. The van der Waals surface area contributed by atoms with E-state index in [9.17, 15) is 15.1 Å². The van der Waals surface area contributed by atoms with Crippen LogP contribution in [-0.2, 0) is 0 Å². The Kier molecular flexibility index (Phi) is 4.64. The summed E-state index contributed by atoms with van der Waals surface area (Å²) in [6.45, 7) is 1.40. The number of fused-ring (bicyclic) bond motifs is 2. The Hall–Kier alpha value is -2.97. The van der Waals surface area contributed by atoms with E-state index in [1.165, 1.54) is 18.5 Å². The van der Waals surface area contributed by atoms with Crippen molar-refractivity contribution in [2.75, 3.05) is 26.2 Å². The topological polar surface area (TPSA) is 139 Å². The molecule has 3 rings (SSSR count). The molecule has 2 aliphatic carbocycles. The normalized spacial score (nSPS) is 16.7. The predicted octanol–water partition coefficient (Wildman–Crippen LogP) is -0.0386. The molecule has 0 bridgehead atoms. The van der Waals surface area contributed by atoms with Crippen molar-refractivity contribution in [1.29, 1.82) is 0 Å². The zero-order valence-corrected chi connectivity index (χ0v) is 13.5. The average Bonchev–Trinajstić information content (AvgIpc) is 2.62. The lowest BCUT2D eigenvalue weighted by Gasteiger charge is -2.20. The Morgan fingerprint density at radius 3 is 2.20 bits per heavy atom. The number of phenolic OH excluding ortho intramolecular Hbond substituents is 1. The number of aliphatic imine (C=N–C) groups is 2. The van der Waals surface area contributed by atoms with Gasteiger partial charge in [-0.1, -0.05) is 0 Å². The second kappa shape index (κ2) is 6.88. The van der Waals surface area contributed by atoms with Gasteiger partial charge in [-0.05, 0) is 18.2 Å². The molecule has 0 amide bonds. The number of aromatic hydroxyl groups is 1. The number of hydrogen-bond acceptors (Lipinski definition) is 7. The molecule has 8 nitrogen and oxygen atoms in total. The average molecular weight is 341 g/mol. The lowest BCUT2D eigenvalue weighted by Crippen LogP contribution is -2.27. The Labute approximate surface area is 143 Å². The van der Waals surface area contributed by atoms with Gasteiger partial charge < -0.3 is 21.8 Å². The number of pyridine rings is 1. The third kappa shape index (κ3) is 2.92. The highest BCUT2D eigenvalue weighted by Crippen LogP contribution is 2.35. The van der Waals surface area contributed by atoms with Gasteiger partial charge in [0.2, 0.25) is 0 Å². The van der Waals surface area contributed by atoms with E-state index in [0.29, 0.717) is 48.7 Å². The van der Waals surface area contributed by atoms with E-state index in [1.54, 1.807) is 12.2 Å². The molecule has 3 aliphatic rings. The zero-order chi connectivity index (χ0) is 18.0. The fourth-order valence-corrected chi connectivity index (χ4v) is 2.83. The number of nitrogens with zero attached hydrogens (tertiary/aromatic N) is 3. The van der Waals surface area contributed by atoms with Crippen molar-refractivity contribution in [3.05, 3.63) is 52.0 Å². The van der Waals surface area contributed by atoms with Gasteiger partial charge in [-0.15, -0.1) is 0 Å². The Morgan fingerprint density at radius 2 is 1.60 bits per heavy atom. The molecular formula is C17H19N5O3. The molecule has 0 unspecified atom stereocenters. The summed E-state index contributed by atoms with van der Waals surface area (Å²) in [7, 11) is 0. The van der Waals surface area contributed by atoms with Gasteiger partial charge in [0.1, 0.15) is 5.75 Å². The minimum absolute atomic E-state index is 0.0780. The summed E-state index contributed by atoms with van der Waals surface area (Å²) >= 11 is 0. The molecule has 0 fully saturated rings. The van der Waals surface area contributed by atoms with Crippen LogP contribution in [0.2, 0.25) is 0 Å². The second-order valence-corrected chi connectivity index (χ2v) is 5.52. The van der Waals surface area contributed by atoms with Gasteiger partial charge >= 0.3 is 0 Å². The molecule has 130 valence electrons. The number of phenols is 1. The smallest absolute Gasteiger partial charge is 0.198 e. The molecule has 0 saturated carbocycles. The van der Waals surface area contributed by atoms with Crippen LogP contribution >= 0.6 is 0 Å². The third-order valence-electron chi connectivity index (χ3n) is 3.89. The Morgan fingerprint density at radius 1 is 1.00 bits per heavy atom. The van der Waals surface area contributed by atoms with Gasteiger partial charge in [0, 0.05) is 24.8 Å². The van der Waals surface area contributed by atoms with Crippen LogP contribution in [0.1, 0.15) is 11.1 Å². The van der Waals surface area contributed by atoms with E-state index < -0.39 is 0 Å². The van der Waals surface area contributed by atoms with Crippen LogP contribution in [0.3, 0.4) is 0 Å². The van der Waals surface area contributed by atoms with Crippen molar-refractivity contribution < 1.29 is 10.3 Å². The van der Waals surface area contributed by atoms with Gasteiger partial charge in [0.05, 0.1) is 47.4 Å². The van der Waals surface area contributed by atoms with Crippen molar-refractivity contribution in [2.24, 2.45) is 21.5 Å². The van der Waals surface area contributed by atoms with Gasteiger partial charge in [0.15, 0.2) is 5.43 Å². The zero-order valence-electron chi connectivity index (χ0n) is 13.5.